The predicted octanol–water partition coefficient (Wildman–Crippen LogP) is 2.36. The van der Waals surface area contributed by atoms with Crippen LogP contribution >= 0.6 is 0 Å². The Hall–Kier alpha value is -1.06. The van der Waals surface area contributed by atoms with Crippen LogP contribution in [0.4, 0.5) is 0 Å². The Labute approximate surface area is 117 Å². The van der Waals surface area contributed by atoms with Crippen molar-refractivity contribution >= 4 is 0 Å². The van der Waals surface area contributed by atoms with E-state index in [-0.39, 0.29) is 0 Å². The van der Waals surface area contributed by atoms with Crippen molar-refractivity contribution in [2.45, 2.75) is 33.6 Å². The molecule has 108 valence electrons. The van der Waals surface area contributed by atoms with Crippen LogP contribution in [0.2, 0.25) is 0 Å². The van der Waals surface area contributed by atoms with Gasteiger partial charge in [-0.3, -0.25) is 0 Å². The van der Waals surface area contributed by atoms with E-state index >= 15 is 0 Å². The minimum atomic E-state index is 0.399. The average Bonchev–Trinajstić information content (AvgIpc) is 2.42. The molecule has 3 nitrogen and oxygen atoms in total. The summed E-state index contributed by atoms with van der Waals surface area (Å²) < 4.78 is 5.56. The first-order valence-electron chi connectivity index (χ1n) is 7.30. The van der Waals surface area contributed by atoms with Crippen LogP contribution in [0.15, 0.2) is 18.2 Å². The van der Waals surface area contributed by atoms with E-state index in [1.165, 1.54) is 11.1 Å². The van der Waals surface area contributed by atoms with Crippen LogP contribution in [-0.4, -0.2) is 19.7 Å². The largest absolute Gasteiger partial charge is 0.494 e. The summed E-state index contributed by atoms with van der Waals surface area (Å²) in [5.41, 5.74) is 14.3. The van der Waals surface area contributed by atoms with E-state index in [4.69, 9.17) is 16.2 Å². The summed E-state index contributed by atoms with van der Waals surface area (Å²) in [5.74, 6) is 1.87. The van der Waals surface area contributed by atoms with E-state index in [0.717, 1.165) is 18.6 Å². The highest BCUT2D eigenvalue weighted by atomic mass is 16.5. The van der Waals surface area contributed by atoms with E-state index in [1.807, 2.05) is 6.92 Å². The Bertz CT molecular complexity index is 375. The van der Waals surface area contributed by atoms with Gasteiger partial charge in [0.15, 0.2) is 0 Å². The van der Waals surface area contributed by atoms with E-state index in [2.05, 4.69) is 32.0 Å². The highest BCUT2D eigenvalue weighted by Crippen LogP contribution is 2.23. The van der Waals surface area contributed by atoms with Crippen molar-refractivity contribution in [1.82, 2.24) is 0 Å². The molecule has 0 heterocycles. The third kappa shape index (κ3) is 4.51. The lowest BCUT2D eigenvalue weighted by Gasteiger charge is -2.22. The van der Waals surface area contributed by atoms with Crippen LogP contribution in [0.25, 0.3) is 0 Å². The molecular formula is C16H28N2O. The molecule has 3 heteroatoms. The van der Waals surface area contributed by atoms with Crippen LogP contribution in [0.3, 0.4) is 0 Å². The Morgan fingerprint density at radius 1 is 1.11 bits per heavy atom. The molecule has 0 radical (unpaired) electrons. The fourth-order valence-corrected chi connectivity index (χ4v) is 2.46. The Morgan fingerprint density at radius 2 is 1.79 bits per heavy atom. The summed E-state index contributed by atoms with van der Waals surface area (Å²) in [6.07, 6.45) is 2.06. The van der Waals surface area contributed by atoms with Gasteiger partial charge in [0, 0.05) is 0 Å². The first-order chi connectivity index (χ1) is 9.15. The van der Waals surface area contributed by atoms with E-state index < -0.39 is 0 Å². The number of rotatable bonds is 8. The van der Waals surface area contributed by atoms with Gasteiger partial charge in [-0.2, -0.15) is 0 Å². The molecule has 0 aromatic heterocycles. The summed E-state index contributed by atoms with van der Waals surface area (Å²) in [6, 6.07) is 6.40. The Kier molecular flexibility index (Phi) is 6.89. The Morgan fingerprint density at radius 3 is 2.32 bits per heavy atom. The van der Waals surface area contributed by atoms with Gasteiger partial charge in [-0.25, -0.2) is 0 Å². The molecule has 1 atom stereocenters. The number of benzene rings is 1. The quantitative estimate of drug-likeness (QED) is 0.757. The van der Waals surface area contributed by atoms with Gasteiger partial charge in [-0.1, -0.05) is 19.9 Å². The molecule has 0 fully saturated rings. The van der Waals surface area contributed by atoms with Gasteiger partial charge in [0.2, 0.25) is 0 Å². The molecule has 1 aromatic rings. The SMILES string of the molecule is CCOc1ccc(CC(C)C(CN)CN)c(CC)c1. The number of aryl methyl sites for hydroxylation is 1. The van der Waals surface area contributed by atoms with E-state index in [1.54, 1.807) is 0 Å². The van der Waals surface area contributed by atoms with Gasteiger partial charge in [0.05, 0.1) is 6.61 Å². The van der Waals surface area contributed by atoms with Crippen molar-refractivity contribution in [1.29, 1.82) is 0 Å². The fourth-order valence-electron chi connectivity index (χ4n) is 2.46. The molecule has 0 bridgehead atoms. The topological polar surface area (TPSA) is 61.3 Å². The molecule has 0 amide bonds. The molecular weight excluding hydrogens is 236 g/mol. The second kappa shape index (κ2) is 8.18. The second-order valence-electron chi connectivity index (χ2n) is 5.13. The van der Waals surface area contributed by atoms with Gasteiger partial charge in [0.1, 0.15) is 5.75 Å². The summed E-state index contributed by atoms with van der Waals surface area (Å²) in [4.78, 5) is 0. The standard InChI is InChI=1S/C16H28N2O/c1-4-13-9-16(19-5-2)7-6-14(13)8-12(3)15(10-17)11-18/h6-7,9,12,15H,4-5,8,10-11,17-18H2,1-3H3. The maximum absolute atomic E-state index is 5.77. The second-order valence-corrected chi connectivity index (χ2v) is 5.13. The summed E-state index contributed by atoms with van der Waals surface area (Å²) in [5, 5.41) is 0. The lowest BCUT2D eigenvalue weighted by molar-refractivity contribution is 0.339. The molecule has 0 spiro atoms. The van der Waals surface area contributed by atoms with Gasteiger partial charge in [0.25, 0.3) is 0 Å². The minimum absolute atomic E-state index is 0.399. The van der Waals surface area contributed by atoms with Crippen LogP contribution < -0.4 is 16.2 Å². The maximum atomic E-state index is 5.77. The normalized spacial score (nSPS) is 12.7. The minimum Gasteiger partial charge on any atom is -0.494 e. The number of hydrogen-bond donors (Lipinski definition) is 2. The first-order valence-corrected chi connectivity index (χ1v) is 7.30. The highest BCUT2D eigenvalue weighted by Gasteiger charge is 2.16. The van der Waals surface area contributed by atoms with Crippen molar-refractivity contribution in [2.75, 3.05) is 19.7 Å². The molecule has 1 rings (SSSR count). The van der Waals surface area contributed by atoms with Gasteiger partial charge < -0.3 is 16.2 Å². The number of nitrogens with two attached hydrogens (primary N) is 2. The monoisotopic (exact) mass is 264 g/mol. The van der Waals surface area contributed by atoms with Gasteiger partial charge >= 0.3 is 0 Å². The molecule has 1 aromatic carbocycles. The molecule has 0 saturated heterocycles. The summed E-state index contributed by atoms with van der Waals surface area (Å²) in [6.45, 7) is 8.46. The van der Waals surface area contributed by atoms with Crippen molar-refractivity contribution < 1.29 is 4.74 Å². The first kappa shape index (κ1) is 16.0. The van der Waals surface area contributed by atoms with Crippen LogP contribution in [0.1, 0.15) is 31.9 Å². The van der Waals surface area contributed by atoms with Crippen molar-refractivity contribution in [3.63, 3.8) is 0 Å². The third-order valence-electron chi connectivity index (χ3n) is 3.82. The molecule has 4 N–H and O–H groups in total. The predicted molar refractivity (Wildman–Crippen MR) is 81.5 cm³/mol. The van der Waals surface area contributed by atoms with E-state index in [9.17, 15) is 0 Å². The van der Waals surface area contributed by atoms with Crippen LogP contribution in [0.5, 0.6) is 5.75 Å². The highest BCUT2D eigenvalue weighted by molar-refractivity contribution is 5.36. The summed E-state index contributed by atoms with van der Waals surface area (Å²) >= 11 is 0. The van der Waals surface area contributed by atoms with E-state index in [0.29, 0.717) is 31.5 Å². The van der Waals surface area contributed by atoms with Gasteiger partial charge in [-0.05, 0) is 68.0 Å². The van der Waals surface area contributed by atoms with Crippen molar-refractivity contribution in [2.24, 2.45) is 23.3 Å². The zero-order chi connectivity index (χ0) is 14.3. The smallest absolute Gasteiger partial charge is 0.119 e. The van der Waals surface area contributed by atoms with Gasteiger partial charge in [-0.15, -0.1) is 0 Å². The molecule has 0 saturated carbocycles. The van der Waals surface area contributed by atoms with Crippen molar-refractivity contribution in [3.05, 3.63) is 29.3 Å². The lowest BCUT2D eigenvalue weighted by atomic mass is 9.86. The zero-order valence-corrected chi connectivity index (χ0v) is 12.5. The van der Waals surface area contributed by atoms with Crippen molar-refractivity contribution in [3.8, 4) is 5.75 Å². The molecule has 19 heavy (non-hydrogen) atoms. The van der Waals surface area contributed by atoms with Crippen LogP contribution in [0, 0.1) is 11.8 Å². The fraction of sp³-hybridized carbons (Fsp3) is 0.625. The maximum Gasteiger partial charge on any atom is 0.119 e. The Balaban J connectivity index is 2.82. The number of hydrogen-bond acceptors (Lipinski definition) is 3. The molecule has 0 aliphatic heterocycles. The number of ether oxygens (including phenoxy) is 1. The lowest BCUT2D eigenvalue weighted by Crippen LogP contribution is -2.30. The van der Waals surface area contributed by atoms with Crippen LogP contribution in [-0.2, 0) is 12.8 Å². The molecule has 0 aliphatic carbocycles. The molecule has 0 aliphatic rings. The summed E-state index contributed by atoms with van der Waals surface area (Å²) in [7, 11) is 0. The average molecular weight is 264 g/mol. The third-order valence-corrected chi connectivity index (χ3v) is 3.82. The molecule has 1 unspecified atom stereocenters. The zero-order valence-electron chi connectivity index (χ0n) is 12.5.